The predicted molar refractivity (Wildman–Crippen MR) is 117 cm³/mol. The van der Waals surface area contributed by atoms with Crippen LogP contribution in [0, 0.1) is 0 Å². The van der Waals surface area contributed by atoms with Gasteiger partial charge in [0, 0.05) is 41.4 Å². The Morgan fingerprint density at radius 2 is 1.89 bits per heavy atom. The fourth-order valence-corrected chi connectivity index (χ4v) is 4.93. The first kappa shape index (κ1) is 19.0. The molecule has 1 saturated heterocycles. The lowest BCUT2D eigenvalue weighted by atomic mass is 10.1. The van der Waals surface area contributed by atoms with Gasteiger partial charge in [-0.3, -0.25) is 4.79 Å². The molecule has 1 aliphatic rings. The number of nitrogens with zero attached hydrogens (tertiary/aromatic N) is 2. The Bertz CT molecular complexity index is 904. The Morgan fingerprint density at radius 3 is 2.64 bits per heavy atom. The number of hydrogen-bond acceptors (Lipinski definition) is 5. The predicted octanol–water partition coefficient (Wildman–Crippen LogP) is 4.97. The van der Waals surface area contributed by atoms with Gasteiger partial charge in [0.25, 0.3) is 5.91 Å². The van der Waals surface area contributed by atoms with E-state index in [4.69, 9.17) is 0 Å². The summed E-state index contributed by atoms with van der Waals surface area (Å²) in [6.45, 7) is 2.82. The molecule has 0 aliphatic carbocycles. The zero-order chi connectivity index (χ0) is 19.2. The Hall–Kier alpha value is -2.31. The molecule has 28 heavy (non-hydrogen) atoms. The minimum absolute atomic E-state index is 0.0370. The van der Waals surface area contributed by atoms with E-state index in [-0.39, 0.29) is 5.91 Å². The van der Waals surface area contributed by atoms with Crippen LogP contribution in [0.2, 0.25) is 0 Å². The highest BCUT2D eigenvalue weighted by Crippen LogP contribution is 2.26. The summed E-state index contributed by atoms with van der Waals surface area (Å²) in [6, 6.07) is 16.3. The van der Waals surface area contributed by atoms with Crippen molar-refractivity contribution in [2.75, 3.05) is 18.0 Å². The van der Waals surface area contributed by atoms with E-state index in [1.807, 2.05) is 35.2 Å². The van der Waals surface area contributed by atoms with Gasteiger partial charge in [0.1, 0.15) is 0 Å². The SMILES string of the molecule is O=C(NCc1ccc(N2CCCC2)cc1)c1ccccc1SCc1cscn1. The van der Waals surface area contributed by atoms with Crippen LogP contribution in [0.15, 0.2) is 64.3 Å². The van der Waals surface area contributed by atoms with Gasteiger partial charge in [-0.15, -0.1) is 23.1 Å². The molecular weight excluding hydrogens is 386 g/mol. The van der Waals surface area contributed by atoms with Crippen molar-refractivity contribution in [2.45, 2.75) is 30.0 Å². The van der Waals surface area contributed by atoms with Gasteiger partial charge in [-0.25, -0.2) is 4.98 Å². The quantitative estimate of drug-likeness (QED) is 0.560. The number of hydrogen-bond donors (Lipinski definition) is 1. The molecule has 1 aromatic heterocycles. The van der Waals surface area contributed by atoms with Gasteiger partial charge in [0.05, 0.1) is 16.8 Å². The molecule has 2 heterocycles. The summed E-state index contributed by atoms with van der Waals surface area (Å²) < 4.78 is 0. The topological polar surface area (TPSA) is 45.2 Å². The molecule has 4 nitrogen and oxygen atoms in total. The molecule has 2 aromatic carbocycles. The van der Waals surface area contributed by atoms with Gasteiger partial charge in [-0.05, 0) is 42.7 Å². The molecule has 0 bridgehead atoms. The minimum Gasteiger partial charge on any atom is -0.372 e. The summed E-state index contributed by atoms with van der Waals surface area (Å²) in [5.74, 6) is 0.733. The van der Waals surface area contributed by atoms with Crippen LogP contribution in [-0.4, -0.2) is 24.0 Å². The van der Waals surface area contributed by atoms with E-state index >= 15 is 0 Å². The van der Waals surface area contributed by atoms with Crippen LogP contribution >= 0.6 is 23.1 Å². The number of amides is 1. The first-order chi connectivity index (χ1) is 13.8. The van der Waals surface area contributed by atoms with E-state index in [1.165, 1.54) is 18.5 Å². The van der Waals surface area contributed by atoms with Crippen molar-refractivity contribution in [1.29, 1.82) is 0 Å². The zero-order valence-corrected chi connectivity index (χ0v) is 17.3. The normalized spacial score (nSPS) is 13.6. The largest absolute Gasteiger partial charge is 0.372 e. The van der Waals surface area contributed by atoms with Gasteiger partial charge in [0.2, 0.25) is 0 Å². The molecule has 4 rings (SSSR count). The van der Waals surface area contributed by atoms with Crippen LogP contribution in [-0.2, 0) is 12.3 Å². The highest BCUT2D eigenvalue weighted by molar-refractivity contribution is 7.98. The summed E-state index contributed by atoms with van der Waals surface area (Å²) in [5.41, 5.74) is 5.99. The van der Waals surface area contributed by atoms with E-state index in [1.54, 1.807) is 23.1 Å². The number of rotatable bonds is 7. The molecular formula is C22H23N3OS2. The zero-order valence-electron chi connectivity index (χ0n) is 15.6. The molecule has 0 unspecified atom stereocenters. The van der Waals surface area contributed by atoms with Crippen molar-refractivity contribution in [3.63, 3.8) is 0 Å². The average molecular weight is 410 g/mol. The lowest BCUT2D eigenvalue weighted by Crippen LogP contribution is -2.23. The van der Waals surface area contributed by atoms with Gasteiger partial charge < -0.3 is 10.2 Å². The van der Waals surface area contributed by atoms with Crippen LogP contribution in [0.5, 0.6) is 0 Å². The first-order valence-electron chi connectivity index (χ1n) is 9.50. The highest BCUT2D eigenvalue weighted by atomic mass is 32.2. The molecule has 1 aliphatic heterocycles. The third-order valence-electron chi connectivity index (χ3n) is 4.85. The molecule has 0 spiro atoms. The van der Waals surface area contributed by atoms with E-state index in [2.05, 4.69) is 39.5 Å². The molecule has 0 saturated carbocycles. The van der Waals surface area contributed by atoms with E-state index in [9.17, 15) is 4.79 Å². The van der Waals surface area contributed by atoms with Crippen molar-refractivity contribution >= 4 is 34.7 Å². The fourth-order valence-electron chi connectivity index (χ4n) is 3.32. The van der Waals surface area contributed by atoms with Crippen molar-refractivity contribution in [3.05, 3.63) is 76.2 Å². The lowest BCUT2D eigenvalue weighted by molar-refractivity contribution is 0.0948. The highest BCUT2D eigenvalue weighted by Gasteiger charge is 2.13. The Balaban J connectivity index is 1.35. The molecule has 0 atom stereocenters. The second kappa shape index (κ2) is 9.26. The Labute approximate surface area is 174 Å². The number of carbonyl (C=O) groups is 1. The Morgan fingerprint density at radius 1 is 1.11 bits per heavy atom. The minimum atomic E-state index is -0.0370. The number of anilines is 1. The van der Waals surface area contributed by atoms with Crippen LogP contribution in [0.3, 0.4) is 0 Å². The number of benzene rings is 2. The first-order valence-corrected chi connectivity index (χ1v) is 11.4. The van der Waals surface area contributed by atoms with Gasteiger partial charge in [0.15, 0.2) is 0 Å². The average Bonchev–Trinajstić information content (AvgIpc) is 3.45. The summed E-state index contributed by atoms with van der Waals surface area (Å²) in [4.78, 5) is 20.4. The van der Waals surface area contributed by atoms with Crippen LogP contribution in [0.1, 0.15) is 34.5 Å². The van der Waals surface area contributed by atoms with Crippen LogP contribution < -0.4 is 10.2 Å². The number of nitrogens with one attached hydrogen (secondary N) is 1. The third-order valence-corrected chi connectivity index (χ3v) is 6.59. The second-order valence-corrected chi connectivity index (χ2v) is 8.54. The molecule has 1 amide bonds. The molecule has 0 radical (unpaired) electrons. The van der Waals surface area contributed by atoms with E-state index in [0.29, 0.717) is 6.54 Å². The standard InChI is InChI=1S/C22H23N3OS2/c26-22(20-5-1-2-6-21(20)28-15-18-14-27-16-24-18)23-13-17-7-9-19(10-8-17)25-11-3-4-12-25/h1-2,5-10,14,16H,3-4,11-13,15H2,(H,23,26). The molecule has 1 fully saturated rings. The molecule has 1 N–H and O–H groups in total. The monoisotopic (exact) mass is 409 g/mol. The maximum atomic E-state index is 12.7. The maximum Gasteiger partial charge on any atom is 0.252 e. The number of carbonyl (C=O) groups excluding carboxylic acids is 1. The third kappa shape index (κ3) is 4.75. The molecule has 144 valence electrons. The van der Waals surface area contributed by atoms with E-state index in [0.717, 1.165) is 40.6 Å². The van der Waals surface area contributed by atoms with Crippen molar-refractivity contribution in [3.8, 4) is 0 Å². The number of aromatic nitrogens is 1. The van der Waals surface area contributed by atoms with Crippen LogP contribution in [0.25, 0.3) is 0 Å². The van der Waals surface area contributed by atoms with Crippen LogP contribution in [0.4, 0.5) is 5.69 Å². The number of thiazole rings is 1. The summed E-state index contributed by atoms with van der Waals surface area (Å²) in [7, 11) is 0. The number of thioether (sulfide) groups is 1. The van der Waals surface area contributed by atoms with Gasteiger partial charge in [-0.1, -0.05) is 24.3 Å². The Kier molecular flexibility index (Phi) is 6.29. The van der Waals surface area contributed by atoms with Crippen molar-refractivity contribution in [2.24, 2.45) is 0 Å². The molecule has 3 aromatic rings. The van der Waals surface area contributed by atoms with Crippen molar-refractivity contribution in [1.82, 2.24) is 10.3 Å². The van der Waals surface area contributed by atoms with E-state index < -0.39 is 0 Å². The fraction of sp³-hybridized carbons (Fsp3) is 0.273. The summed E-state index contributed by atoms with van der Waals surface area (Å²) >= 11 is 3.24. The van der Waals surface area contributed by atoms with Gasteiger partial charge >= 0.3 is 0 Å². The lowest BCUT2D eigenvalue weighted by Gasteiger charge is -2.17. The summed E-state index contributed by atoms with van der Waals surface area (Å²) in [6.07, 6.45) is 2.55. The maximum absolute atomic E-state index is 12.7. The second-order valence-electron chi connectivity index (χ2n) is 6.81. The summed E-state index contributed by atoms with van der Waals surface area (Å²) in [5, 5.41) is 5.10. The van der Waals surface area contributed by atoms with Crippen molar-refractivity contribution < 1.29 is 4.79 Å². The smallest absolute Gasteiger partial charge is 0.252 e. The molecule has 6 heteroatoms. The van der Waals surface area contributed by atoms with Gasteiger partial charge in [-0.2, -0.15) is 0 Å².